The minimum absolute atomic E-state index is 0.197. The molecule has 2 aromatic rings. The van der Waals surface area contributed by atoms with E-state index in [4.69, 9.17) is 0 Å². The number of rotatable bonds is 3. The van der Waals surface area contributed by atoms with E-state index in [1.54, 1.807) is 18.5 Å². The van der Waals surface area contributed by atoms with Gasteiger partial charge in [-0.25, -0.2) is 0 Å². The molecule has 0 amide bonds. The van der Waals surface area contributed by atoms with Crippen molar-refractivity contribution in [2.75, 3.05) is 26.2 Å². The van der Waals surface area contributed by atoms with Gasteiger partial charge in [0.1, 0.15) is 0 Å². The summed E-state index contributed by atoms with van der Waals surface area (Å²) in [6, 6.07) is 7.37. The Bertz CT molecular complexity index is 694. The molecular weight excluding hydrogens is 315 g/mol. The van der Waals surface area contributed by atoms with E-state index in [0.29, 0.717) is 5.56 Å². The van der Waals surface area contributed by atoms with Gasteiger partial charge in [0.15, 0.2) is 0 Å². The second kappa shape index (κ2) is 6.91. The molecule has 1 atom stereocenters. The van der Waals surface area contributed by atoms with Crippen molar-refractivity contribution in [3.05, 3.63) is 65.0 Å². The number of halogens is 3. The van der Waals surface area contributed by atoms with Crippen LogP contribution in [0.4, 0.5) is 13.2 Å². The second-order valence-electron chi connectivity index (χ2n) is 6.04. The molecule has 0 radical (unpaired) electrons. The summed E-state index contributed by atoms with van der Waals surface area (Å²) in [7, 11) is 0. The highest BCUT2D eigenvalue weighted by atomic mass is 19.4. The second-order valence-corrected chi connectivity index (χ2v) is 6.04. The first-order chi connectivity index (χ1) is 11.5. The summed E-state index contributed by atoms with van der Waals surface area (Å²) in [5.74, 6) is 0. The molecule has 1 aromatic heterocycles. The van der Waals surface area contributed by atoms with Gasteiger partial charge in [-0.3, -0.25) is 9.88 Å². The van der Waals surface area contributed by atoms with Crippen molar-refractivity contribution < 1.29 is 13.2 Å². The largest absolute Gasteiger partial charge is 0.416 e. The van der Waals surface area contributed by atoms with Gasteiger partial charge < -0.3 is 5.32 Å². The summed E-state index contributed by atoms with van der Waals surface area (Å²) in [4.78, 5) is 6.34. The number of aryl methyl sites for hydroxylation is 1. The van der Waals surface area contributed by atoms with Crippen LogP contribution in [-0.2, 0) is 6.18 Å². The van der Waals surface area contributed by atoms with Crippen LogP contribution in [0.25, 0.3) is 0 Å². The molecule has 1 fully saturated rings. The fraction of sp³-hybridized carbons (Fsp3) is 0.389. The molecular formula is C18H20F3N3. The Morgan fingerprint density at radius 1 is 1.17 bits per heavy atom. The van der Waals surface area contributed by atoms with E-state index >= 15 is 0 Å². The van der Waals surface area contributed by atoms with E-state index in [9.17, 15) is 13.2 Å². The Balaban J connectivity index is 2.06. The molecule has 1 aliphatic rings. The Hall–Kier alpha value is -1.92. The van der Waals surface area contributed by atoms with Crippen LogP contribution < -0.4 is 5.32 Å². The maximum Gasteiger partial charge on any atom is 0.416 e. The number of alkyl halides is 3. The molecule has 1 aromatic carbocycles. The molecule has 3 rings (SSSR count). The first kappa shape index (κ1) is 16.9. The van der Waals surface area contributed by atoms with Gasteiger partial charge in [-0.15, -0.1) is 0 Å². The van der Waals surface area contributed by atoms with Crippen molar-refractivity contribution >= 4 is 0 Å². The average molecular weight is 335 g/mol. The fourth-order valence-electron chi connectivity index (χ4n) is 3.20. The molecule has 3 nitrogen and oxygen atoms in total. The SMILES string of the molecule is Cc1cnccc1C(c1cccc(C(F)(F)F)c1)N1CCNCC1. The topological polar surface area (TPSA) is 28.2 Å². The van der Waals surface area contributed by atoms with Gasteiger partial charge in [0.25, 0.3) is 0 Å². The predicted molar refractivity (Wildman–Crippen MR) is 86.7 cm³/mol. The van der Waals surface area contributed by atoms with Crippen LogP contribution in [0.2, 0.25) is 0 Å². The van der Waals surface area contributed by atoms with Crippen molar-refractivity contribution in [1.82, 2.24) is 15.2 Å². The van der Waals surface area contributed by atoms with Crippen LogP contribution in [0.15, 0.2) is 42.7 Å². The van der Waals surface area contributed by atoms with E-state index in [1.165, 1.54) is 12.1 Å². The van der Waals surface area contributed by atoms with Crippen molar-refractivity contribution in [2.24, 2.45) is 0 Å². The van der Waals surface area contributed by atoms with Crippen LogP contribution in [-0.4, -0.2) is 36.1 Å². The molecule has 1 aliphatic heterocycles. The van der Waals surface area contributed by atoms with Gasteiger partial charge >= 0.3 is 6.18 Å². The number of nitrogens with one attached hydrogen (secondary N) is 1. The third-order valence-corrected chi connectivity index (χ3v) is 4.40. The lowest BCUT2D eigenvalue weighted by Gasteiger charge is -2.36. The molecule has 1 unspecified atom stereocenters. The third kappa shape index (κ3) is 3.60. The standard InChI is InChI=1S/C18H20F3N3/c1-13-12-23-6-5-16(13)17(24-9-7-22-8-10-24)14-3-2-4-15(11-14)18(19,20)21/h2-6,11-12,17,22H,7-10H2,1H3. The van der Waals surface area contributed by atoms with E-state index in [1.807, 2.05) is 13.0 Å². The van der Waals surface area contributed by atoms with Gasteiger partial charge in [-0.2, -0.15) is 13.2 Å². The maximum atomic E-state index is 13.1. The molecule has 128 valence electrons. The highest BCUT2D eigenvalue weighted by molar-refractivity contribution is 5.38. The smallest absolute Gasteiger partial charge is 0.314 e. The number of pyridine rings is 1. The summed E-state index contributed by atoms with van der Waals surface area (Å²) in [6.07, 6.45) is -0.874. The maximum absolute atomic E-state index is 13.1. The monoisotopic (exact) mass is 335 g/mol. The normalized spacial score (nSPS) is 17.7. The summed E-state index contributed by atoms with van der Waals surface area (Å²) in [6.45, 7) is 5.20. The summed E-state index contributed by atoms with van der Waals surface area (Å²) < 4.78 is 39.4. The average Bonchev–Trinajstić information content (AvgIpc) is 2.57. The summed E-state index contributed by atoms with van der Waals surface area (Å²) >= 11 is 0. The number of aromatic nitrogens is 1. The Kier molecular flexibility index (Phi) is 4.87. The molecule has 6 heteroatoms. The summed E-state index contributed by atoms with van der Waals surface area (Å²) in [5, 5.41) is 3.29. The van der Waals surface area contributed by atoms with E-state index < -0.39 is 11.7 Å². The Morgan fingerprint density at radius 3 is 2.58 bits per heavy atom. The molecule has 0 bridgehead atoms. The quantitative estimate of drug-likeness (QED) is 0.932. The molecule has 1 saturated heterocycles. The van der Waals surface area contributed by atoms with Crippen LogP contribution in [0.5, 0.6) is 0 Å². The lowest BCUT2D eigenvalue weighted by atomic mass is 9.93. The molecule has 0 saturated carbocycles. The number of hydrogen-bond acceptors (Lipinski definition) is 3. The lowest BCUT2D eigenvalue weighted by Crippen LogP contribution is -2.45. The number of hydrogen-bond donors (Lipinski definition) is 1. The van der Waals surface area contributed by atoms with E-state index in [0.717, 1.165) is 43.4 Å². The van der Waals surface area contributed by atoms with Crippen molar-refractivity contribution in [3.8, 4) is 0 Å². The highest BCUT2D eigenvalue weighted by Crippen LogP contribution is 2.35. The van der Waals surface area contributed by atoms with E-state index in [-0.39, 0.29) is 6.04 Å². The molecule has 2 heterocycles. The van der Waals surface area contributed by atoms with Crippen molar-refractivity contribution in [2.45, 2.75) is 19.1 Å². The van der Waals surface area contributed by atoms with E-state index in [2.05, 4.69) is 15.2 Å². The molecule has 0 aliphatic carbocycles. The number of benzene rings is 1. The molecule has 0 spiro atoms. The zero-order valence-electron chi connectivity index (χ0n) is 13.5. The van der Waals surface area contributed by atoms with Crippen LogP contribution in [0.3, 0.4) is 0 Å². The summed E-state index contributed by atoms with van der Waals surface area (Å²) in [5.41, 5.74) is 2.05. The minimum atomic E-state index is -4.34. The van der Waals surface area contributed by atoms with Gasteiger partial charge in [-0.1, -0.05) is 12.1 Å². The fourth-order valence-corrected chi connectivity index (χ4v) is 3.20. The Morgan fingerprint density at radius 2 is 1.92 bits per heavy atom. The molecule has 24 heavy (non-hydrogen) atoms. The number of nitrogens with zero attached hydrogens (tertiary/aromatic N) is 2. The minimum Gasteiger partial charge on any atom is -0.314 e. The van der Waals surface area contributed by atoms with Crippen molar-refractivity contribution in [3.63, 3.8) is 0 Å². The van der Waals surface area contributed by atoms with Gasteiger partial charge in [0.05, 0.1) is 11.6 Å². The number of piperazine rings is 1. The Labute approximate surface area is 139 Å². The molecule has 1 N–H and O–H groups in total. The zero-order chi connectivity index (χ0) is 17.2. The van der Waals surface area contributed by atoms with Gasteiger partial charge in [-0.05, 0) is 41.8 Å². The third-order valence-electron chi connectivity index (χ3n) is 4.40. The van der Waals surface area contributed by atoms with Crippen molar-refractivity contribution in [1.29, 1.82) is 0 Å². The van der Waals surface area contributed by atoms with Gasteiger partial charge in [0.2, 0.25) is 0 Å². The van der Waals surface area contributed by atoms with Crippen LogP contribution in [0, 0.1) is 6.92 Å². The first-order valence-corrected chi connectivity index (χ1v) is 7.99. The first-order valence-electron chi connectivity index (χ1n) is 7.99. The van der Waals surface area contributed by atoms with Crippen LogP contribution in [0.1, 0.15) is 28.3 Å². The predicted octanol–water partition coefficient (Wildman–Crippen LogP) is 3.40. The highest BCUT2D eigenvalue weighted by Gasteiger charge is 2.32. The zero-order valence-corrected chi connectivity index (χ0v) is 13.5. The van der Waals surface area contributed by atoms with Crippen LogP contribution >= 0.6 is 0 Å². The van der Waals surface area contributed by atoms with Gasteiger partial charge in [0, 0.05) is 38.6 Å². The lowest BCUT2D eigenvalue weighted by molar-refractivity contribution is -0.137.